The summed E-state index contributed by atoms with van der Waals surface area (Å²) < 4.78 is 71.1. The Morgan fingerprint density at radius 2 is 1.81 bits per heavy atom. The summed E-state index contributed by atoms with van der Waals surface area (Å²) in [6.07, 6.45) is 0.690. The Balaban J connectivity index is 1.39. The quantitative estimate of drug-likeness (QED) is 0.261. The van der Waals surface area contributed by atoms with Gasteiger partial charge in [0.1, 0.15) is 5.69 Å². The van der Waals surface area contributed by atoms with E-state index < -0.39 is 35.9 Å². The lowest BCUT2D eigenvalue weighted by Gasteiger charge is -2.34. The van der Waals surface area contributed by atoms with E-state index in [0.29, 0.717) is 11.2 Å². The van der Waals surface area contributed by atoms with Gasteiger partial charge in [0.05, 0.1) is 35.6 Å². The molecule has 2 aliphatic carbocycles. The second-order valence-corrected chi connectivity index (χ2v) is 12.8. The molecule has 0 spiro atoms. The van der Waals surface area contributed by atoms with Crippen LogP contribution in [0.3, 0.4) is 0 Å². The fourth-order valence-electron chi connectivity index (χ4n) is 5.57. The Hall–Kier alpha value is -3.58. The molecular weight excluding hydrogens is 573 g/mol. The van der Waals surface area contributed by atoms with Crippen molar-refractivity contribution in [2.24, 2.45) is 17.3 Å². The van der Waals surface area contributed by atoms with Gasteiger partial charge in [-0.1, -0.05) is 13.8 Å². The Morgan fingerprint density at radius 3 is 2.42 bits per heavy atom. The zero-order valence-corrected chi connectivity index (χ0v) is 24.5. The fraction of sp³-hybridized carbons (Fsp3) is 0.621. The molecule has 0 aliphatic heterocycles. The lowest BCUT2D eigenvalue weighted by Crippen LogP contribution is -2.39. The number of rotatable bonds is 11. The van der Waals surface area contributed by atoms with Crippen LogP contribution in [0.2, 0.25) is 0 Å². The molecule has 5 rings (SSSR count). The highest BCUT2D eigenvalue weighted by atomic mass is 19.4. The van der Waals surface area contributed by atoms with Crippen molar-refractivity contribution in [3.05, 3.63) is 47.7 Å². The molecule has 2 N–H and O–H groups in total. The highest BCUT2D eigenvalue weighted by molar-refractivity contribution is 5.92. The van der Waals surface area contributed by atoms with Gasteiger partial charge < -0.3 is 10.6 Å². The van der Waals surface area contributed by atoms with Gasteiger partial charge in [0, 0.05) is 31.5 Å². The van der Waals surface area contributed by atoms with Crippen molar-refractivity contribution in [3.8, 4) is 0 Å². The standard InChI is InChI=1S/C29H36F5N7O2/c1-16(2)41-22(7-8-35-41)26(43)38-20(13-27(3,4)29(32,33)34)21-15-40-23(37-21)10-19(14-36-40)25(18-5-6-18)39-24(42)9-17-11-28(30,31)12-17/h7-8,10,14-18,20,25H,5-6,9,11-13H2,1-4H3,(H,38,43)(H,39,42)/t20-,25+/m0/s1. The first-order valence-electron chi connectivity index (χ1n) is 14.5. The highest BCUT2D eigenvalue weighted by Crippen LogP contribution is 2.46. The molecule has 0 bridgehead atoms. The van der Waals surface area contributed by atoms with Crippen molar-refractivity contribution in [1.29, 1.82) is 0 Å². The summed E-state index contributed by atoms with van der Waals surface area (Å²) in [6, 6.07) is 1.57. The Bertz CT molecular complexity index is 1480. The first-order valence-corrected chi connectivity index (χ1v) is 14.5. The third-order valence-corrected chi connectivity index (χ3v) is 8.31. The number of halogens is 5. The smallest absolute Gasteiger partial charge is 0.349 e. The van der Waals surface area contributed by atoms with E-state index in [9.17, 15) is 31.5 Å². The topological polar surface area (TPSA) is 106 Å². The number of nitrogens with zero attached hydrogens (tertiary/aromatic N) is 5. The number of nitrogens with one attached hydrogen (secondary N) is 2. The van der Waals surface area contributed by atoms with Crippen LogP contribution in [-0.4, -0.2) is 48.3 Å². The summed E-state index contributed by atoms with van der Waals surface area (Å²) in [5, 5.41) is 14.2. The van der Waals surface area contributed by atoms with E-state index in [2.05, 4.69) is 25.8 Å². The van der Waals surface area contributed by atoms with Crippen LogP contribution in [0.15, 0.2) is 30.7 Å². The number of aromatic nitrogens is 5. The van der Waals surface area contributed by atoms with E-state index in [-0.39, 0.29) is 60.5 Å². The van der Waals surface area contributed by atoms with Crippen LogP contribution in [0.4, 0.5) is 22.0 Å². The monoisotopic (exact) mass is 609 g/mol. The number of hydrogen-bond donors (Lipinski definition) is 2. The van der Waals surface area contributed by atoms with Crippen LogP contribution in [0.25, 0.3) is 5.65 Å². The van der Waals surface area contributed by atoms with Crippen molar-refractivity contribution in [1.82, 2.24) is 35.0 Å². The molecule has 2 saturated carbocycles. The van der Waals surface area contributed by atoms with E-state index in [1.807, 2.05) is 13.8 Å². The van der Waals surface area contributed by atoms with Crippen LogP contribution >= 0.6 is 0 Å². The van der Waals surface area contributed by atoms with Gasteiger partial charge in [0.2, 0.25) is 11.8 Å². The van der Waals surface area contributed by atoms with E-state index in [1.54, 1.807) is 12.3 Å². The van der Waals surface area contributed by atoms with Crippen molar-refractivity contribution < 1.29 is 31.5 Å². The SMILES string of the molecule is CC(C)n1nccc1C(=O)N[C@@H](CC(C)(C)C(F)(F)F)c1cn2ncc([C@H](NC(=O)CC3CC(F)(F)C3)C3CC3)cc2n1. The van der Waals surface area contributed by atoms with Gasteiger partial charge >= 0.3 is 6.18 Å². The summed E-state index contributed by atoms with van der Waals surface area (Å²) in [7, 11) is 0. The van der Waals surface area contributed by atoms with Crippen LogP contribution in [-0.2, 0) is 4.79 Å². The maximum atomic E-state index is 13.9. The van der Waals surface area contributed by atoms with Crippen LogP contribution < -0.4 is 10.6 Å². The van der Waals surface area contributed by atoms with Crippen LogP contribution in [0.1, 0.15) is 106 Å². The van der Waals surface area contributed by atoms with Crippen molar-refractivity contribution in [2.45, 2.75) is 96.4 Å². The van der Waals surface area contributed by atoms with Crippen molar-refractivity contribution in [3.63, 3.8) is 0 Å². The second-order valence-electron chi connectivity index (χ2n) is 12.8. The minimum atomic E-state index is -4.54. The summed E-state index contributed by atoms with van der Waals surface area (Å²) >= 11 is 0. The summed E-state index contributed by atoms with van der Waals surface area (Å²) in [5.74, 6) is -3.77. The molecule has 14 heteroatoms. The van der Waals surface area contributed by atoms with Gasteiger partial charge in [-0.15, -0.1) is 0 Å². The van der Waals surface area contributed by atoms with Crippen LogP contribution in [0, 0.1) is 17.3 Å². The lowest BCUT2D eigenvalue weighted by atomic mass is 9.79. The molecule has 2 amide bonds. The molecule has 0 aromatic carbocycles. The van der Waals surface area contributed by atoms with Gasteiger partial charge in [0.25, 0.3) is 5.91 Å². The van der Waals surface area contributed by atoms with Gasteiger partial charge in [0.15, 0.2) is 5.65 Å². The van der Waals surface area contributed by atoms with Crippen molar-refractivity contribution in [2.75, 3.05) is 0 Å². The Kier molecular flexibility index (Phi) is 8.01. The fourth-order valence-corrected chi connectivity index (χ4v) is 5.57. The molecule has 3 aromatic heterocycles. The molecule has 2 aliphatic rings. The van der Waals surface area contributed by atoms with E-state index >= 15 is 0 Å². The predicted molar refractivity (Wildman–Crippen MR) is 146 cm³/mol. The summed E-state index contributed by atoms with van der Waals surface area (Å²) in [5.41, 5.74) is -0.742. The molecule has 2 atom stereocenters. The maximum Gasteiger partial charge on any atom is 0.394 e. The number of fused-ring (bicyclic) bond motifs is 1. The average molecular weight is 610 g/mol. The molecule has 0 saturated heterocycles. The van der Waals surface area contributed by atoms with Crippen molar-refractivity contribution >= 4 is 17.5 Å². The Labute approximate surface area is 245 Å². The second kappa shape index (κ2) is 11.2. The number of carbonyl (C=O) groups is 2. The molecule has 3 aromatic rings. The Morgan fingerprint density at radius 1 is 1.12 bits per heavy atom. The van der Waals surface area contributed by atoms with Gasteiger partial charge in [-0.3, -0.25) is 14.3 Å². The predicted octanol–water partition coefficient (Wildman–Crippen LogP) is 5.96. The summed E-state index contributed by atoms with van der Waals surface area (Å²) in [6.45, 7) is 5.82. The zero-order chi connectivity index (χ0) is 31.3. The number of alkyl halides is 5. The molecule has 2 fully saturated rings. The van der Waals surface area contributed by atoms with E-state index in [0.717, 1.165) is 26.7 Å². The lowest BCUT2D eigenvalue weighted by molar-refractivity contribution is -0.215. The molecule has 0 unspecified atom stereocenters. The average Bonchev–Trinajstić information content (AvgIpc) is 3.42. The van der Waals surface area contributed by atoms with Crippen LogP contribution in [0.5, 0.6) is 0 Å². The third kappa shape index (κ3) is 6.82. The molecule has 234 valence electrons. The highest BCUT2D eigenvalue weighted by Gasteiger charge is 2.49. The molecule has 3 heterocycles. The molecule has 0 radical (unpaired) electrons. The van der Waals surface area contributed by atoms with Gasteiger partial charge in [-0.25, -0.2) is 18.3 Å². The number of carbonyl (C=O) groups excluding carboxylic acids is 2. The zero-order valence-electron chi connectivity index (χ0n) is 24.5. The first-order chi connectivity index (χ1) is 20.0. The number of imidazole rings is 1. The first kappa shape index (κ1) is 30.9. The number of amides is 2. The van der Waals surface area contributed by atoms with Gasteiger partial charge in [-0.05, 0) is 62.6 Å². The summed E-state index contributed by atoms with van der Waals surface area (Å²) in [4.78, 5) is 30.5. The largest absolute Gasteiger partial charge is 0.394 e. The minimum absolute atomic E-state index is 0.0219. The third-order valence-electron chi connectivity index (χ3n) is 8.31. The maximum absolute atomic E-state index is 13.9. The number of hydrogen-bond acceptors (Lipinski definition) is 5. The van der Waals surface area contributed by atoms with Gasteiger partial charge in [-0.2, -0.15) is 23.4 Å². The normalized spacial score (nSPS) is 18.8. The van der Waals surface area contributed by atoms with E-state index in [4.69, 9.17) is 0 Å². The molecule has 43 heavy (non-hydrogen) atoms. The van der Waals surface area contributed by atoms with E-state index in [1.165, 1.54) is 27.7 Å². The molecule has 9 nitrogen and oxygen atoms in total. The molecular formula is C29H36F5N7O2. The minimum Gasteiger partial charge on any atom is -0.349 e.